The van der Waals surface area contributed by atoms with E-state index < -0.39 is 6.04 Å². The molecule has 1 amide bonds. The molecule has 1 aromatic rings. The van der Waals surface area contributed by atoms with Crippen LogP contribution in [0.2, 0.25) is 0 Å². The van der Waals surface area contributed by atoms with Crippen molar-refractivity contribution in [3.05, 3.63) is 11.1 Å². The molecule has 0 aromatic carbocycles. The van der Waals surface area contributed by atoms with E-state index in [1.807, 2.05) is 20.8 Å². The van der Waals surface area contributed by atoms with Gasteiger partial charge in [0.25, 0.3) is 0 Å². The zero-order chi connectivity index (χ0) is 10.7. The molecule has 0 aliphatic heterocycles. The molecule has 0 saturated carbocycles. The lowest BCUT2D eigenvalue weighted by atomic mass is 10.1. The first-order valence-electron chi connectivity index (χ1n) is 4.49. The van der Waals surface area contributed by atoms with Gasteiger partial charge < -0.3 is 11.1 Å². The van der Waals surface area contributed by atoms with E-state index in [-0.39, 0.29) is 24.2 Å². The van der Waals surface area contributed by atoms with E-state index in [4.69, 9.17) is 5.73 Å². The summed E-state index contributed by atoms with van der Waals surface area (Å²) in [6, 6.07) is -0.473. The lowest BCUT2D eigenvalue weighted by Crippen LogP contribution is -2.39. The minimum Gasteiger partial charge on any atom is -0.320 e. The number of carbonyl (C=O) groups is 1. The largest absolute Gasteiger partial charge is 0.320 e. The molecule has 0 aliphatic carbocycles. The Hall–Kier alpha value is -0.650. The van der Waals surface area contributed by atoms with E-state index in [0.29, 0.717) is 5.13 Å². The molecule has 4 nitrogen and oxygen atoms in total. The molecule has 3 N–H and O–H groups in total. The number of thiazole rings is 1. The molecule has 1 rings (SSSR count). The third kappa shape index (κ3) is 4.15. The third-order valence-electron chi connectivity index (χ3n) is 1.87. The third-order valence-corrected chi connectivity index (χ3v) is 2.70. The first-order valence-corrected chi connectivity index (χ1v) is 5.31. The fraction of sp³-hybridized carbons (Fsp3) is 0.556. The van der Waals surface area contributed by atoms with Crippen LogP contribution in [0.4, 0.5) is 5.13 Å². The Labute approximate surface area is 99.7 Å². The van der Waals surface area contributed by atoms with Gasteiger partial charge >= 0.3 is 0 Å². The van der Waals surface area contributed by atoms with Crippen LogP contribution >= 0.6 is 23.7 Å². The highest BCUT2D eigenvalue weighted by Gasteiger charge is 2.17. The van der Waals surface area contributed by atoms with Crippen molar-refractivity contribution in [3.63, 3.8) is 0 Å². The summed E-state index contributed by atoms with van der Waals surface area (Å²) in [7, 11) is 0. The zero-order valence-electron chi connectivity index (χ0n) is 8.98. The SMILES string of the molecule is Cc1cnc(NC(=O)C(N)C(C)C)s1.Cl. The summed E-state index contributed by atoms with van der Waals surface area (Å²) in [6.07, 6.45) is 1.72. The smallest absolute Gasteiger partial charge is 0.243 e. The molecule has 6 heteroatoms. The Morgan fingerprint density at radius 1 is 1.60 bits per heavy atom. The fourth-order valence-corrected chi connectivity index (χ4v) is 1.57. The van der Waals surface area contributed by atoms with Gasteiger partial charge in [0.1, 0.15) is 0 Å². The number of nitrogens with two attached hydrogens (primary N) is 1. The van der Waals surface area contributed by atoms with Crippen molar-refractivity contribution < 1.29 is 4.79 Å². The van der Waals surface area contributed by atoms with Crippen molar-refractivity contribution in [2.24, 2.45) is 11.7 Å². The summed E-state index contributed by atoms with van der Waals surface area (Å²) >= 11 is 1.45. The summed E-state index contributed by atoms with van der Waals surface area (Å²) < 4.78 is 0. The Morgan fingerprint density at radius 2 is 2.20 bits per heavy atom. The second-order valence-electron chi connectivity index (χ2n) is 3.54. The summed E-state index contributed by atoms with van der Waals surface area (Å²) in [5.41, 5.74) is 5.68. The number of rotatable bonds is 3. The predicted molar refractivity (Wildman–Crippen MR) is 65.5 cm³/mol. The molecular weight excluding hydrogens is 234 g/mol. The summed E-state index contributed by atoms with van der Waals surface area (Å²) in [5.74, 6) is -0.0367. The maximum atomic E-state index is 11.5. The minimum absolute atomic E-state index is 0. The van der Waals surface area contributed by atoms with E-state index in [0.717, 1.165) is 4.88 Å². The highest BCUT2D eigenvalue weighted by Crippen LogP contribution is 2.16. The second kappa shape index (κ2) is 6.05. The molecule has 1 unspecified atom stereocenters. The van der Waals surface area contributed by atoms with Crippen LogP contribution in [0.25, 0.3) is 0 Å². The van der Waals surface area contributed by atoms with Gasteiger partial charge in [0.05, 0.1) is 6.04 Å². The lowest BCUT2D eigenvalue weighted by Gasteiger charge is -2.13. The Morgan fingerprint density at radius 3 is 2.60 bits per heavy atom. The molecule has 1 heterocycles. The molecule has 0 radical (unpaired) electrons. The molecule has 0 aliphatic rings. The molecule has 0 saturated heterocycles. The first-order chi connectivity index (χ1) is 6.50. The van der Waals surface area contributed by atoms with E-state index >= 15 is 0 Å². The number of hydrogen-bond donors (Lipinski definition) is 2. The number of nitrogens with zero attached hydrogens (tertiary/aromatic N) is 1. The summed E-state index contributed by atoms with van der Waals surface area (Å²) in [5, 5.41) is 3.30. The number of amides is 1. The minimum atomic E-state index is -0.473. The number of aryl methyl sites for hydroxylation is 1. The number of carbonyl (C=O) groups excluding carboxylic acids is 1. The molecule has 0 spiro atoms. The van der Waals surface area contributed by atoms with E-state index in [2.05, 4.69) is 10.3 Å². The average Bonchev–Trinajstić information content (AvgIpc) is 2.49. The van der Waals surface area contributed by atoms with Gasteiger partial charge in [-0.1, -0.05) is 13.8 Å². The number of nitrogens with one attached hydrogen (secondary N) is 1. The van der Waals surface area contributed by atoms with Crippen molar-refractivity contribution in [2.45, 2.75) is 26.8 Å². The Balaban J connectivity index is 0.00000196. The standard InChI is InChI=1S/C9H15N3OS.ClH/c1-5(2)7(10)8(13)12-9-11-4-6(3)14-9;/h4-5,7H,10H2,1-3H3,(H,11,12,13);1H. The van der Waals surface area contributed by atoms with Crippen molar-refractivity contribution in [1.29, 1.82) is 0 Å². The zero-order valence-corrected chi connectivity index (χ0v) is 10.6. The van der Waals surface area contributed by atoms with Crippen LogP contribution in [0.3, 0.4) is 0 Å². The van der Waals surface area contributed by atoms with Gasteiger partial charge in [-0.15, -0.1) is 23.7 Å². The maximum absolute atomic E-state index is 11.5. The van der Waals surface area contributed by atoms with E-state index in [1.54, 1.807) is 6.20 Å². The lowest BCUT2D eigenvalue weighted by molar-refractivity contribution is -0.118. The Kier molecular flexibility index (Phi) is 5.79. The van der Waals surface area contributed by atoms with Crippen molar-refractivity contribution in [2.75, 3.05) is 5.32 Å². The van der Waals surface area contributed by atoms with Crippen LogP contribution in [0.15, 0.2) is 6.20 Å². The molecule has 0 fully saturated rings. The average molecular weight is 250 g/mol. The van der Waals surface area contributed by atoms with Crippen LogP contribution in [-0.2, 0) is 4.79 Å². The summed E-state index contributed by atoms with van der Waals surface area (Å²) in [6.45, 7) is 5.77. The topological polar surface area (TPSA) is 68.0 Å². The fourth-order valence-electron chi connectivity index (χ4n) is 0.904. The maximum Gasteiger partial charge on any atom is 0.243 e. The highest BCUT2D eigenvalue weighted by molar-refractivity contribution is 7.15. The van der Waals surface area contributed by atoms with Gasteiger partial charge in [-0.25, -0.2) is 4.98 Å². The monoisotopic (exact) mass is 249 g/mol. The predicted octanol–water partition coefficient (Wildman–Crippen LogP) is 1.80. The van der Waals surface area contributed by atoms with Gasteiger partial charge in [-0.3, -0.25) is 4.79 Å². The van der Waals surface area contributed by atoms with Crippen molar-refractivity contribution >= 4 is 34.8 Å². The molecule has 0 bridgehead atoms. The van der Waals surface area contributed by atoms with Gasteiger partial charge in [-0.05, 0) is 12.8 Å². The van der Waals surface area contributed by atoms with Crippen LogP contribution in [0, 0.1) is 12.8 Å². The summed E-state index contributed by atoms with van der Waals surface area (Å²) in [4.78, 5) is 16.6. The highest BCUT2D eigenvalue weighted by atomic mass is 35.5. The van der Waals surface area contributed by atoms with Crippen LogP contribution in [0.5, 0.6) is 0 Å². The first kappa shape index (κ1) is 14.3. The van der Waals surface area contributed by atoms with Crippen LogP contribution < -0.4 is 11.1 Å². The second-order valence-corrected chi connectivity index (χ2v) is 4.77. The normalized spacial score (nSPS) is 12.1. The van der Waals surface area contributed by atoms with Crippen molar-refractivity contribution in [3.8, 4) is 0 Å². The van der Waals surface area contributed by atoms with Gasteiger partial charge in [0.2, 0.25) is 5.91 Å². The van der Waals surface area contributed by atoms with E-state index in [1.165, 1.54) is 11.3 Å². The Bertz CT molecular complexity index is 327. The molecular formula is C9H16ClN3OS. The van der Waals surface area contributed by atoms with Gasteiger partial charge in [0.15, 0.2) is 5.13 Å². The van der Waals surface area contributed by atoms with Crippen LogP contribution in [-0.4, -0.2) is 16.9 Å². The molecule has 15 heavy (non-hydrogen) atoms. The van der Waals surface area contributed by atoms with E-state index in [9.17, 15) is 4.79 Å². The van der Waals surface area contributed by atoms with Crippen molar-refractivity contribution in [1.82, 2.24) is 4.98 Å². The molecule has 1 aromatic heterocycles. The molecule has 1 atom stereocenters. The van der Waals surface area contributed by atoms with Crippen LogP contribution in [0.1, 0.15) is 18.7 Å². The number of halogens is 1. The number of aromatic nitrogens is 1. The quantitative estimate of drug-likeness (QED) is 0.858. The van der Waals surface area contributed by atoms with Gasteiger partial charge in [0, 0.05) is 11.1 Å². The molecule has 86 valence electrons. The number of anilines is 1. The number of hydrogen-bond acceptors (Lipinski definition) is 4. The van der Waals surface area contributed by atoms with Gasteiger partial charge in [-0.2, -0.15) is 0 Å².